The Hall–Kier alpha value is -2.08. The summed E-state index contributed by atoms with van der Waals surface area (Å²) in [7, 11) is 0. The van der Waals surface area contributed by atoms with Crippen molar-refractivity contribution in [2.24, 2.45) is 0 Å². The minimum atomic E-state index is -0.732. The van der Waals surface area contributed by atoms with E-state index in [1.807, 2.05) is 12.1 Å². The van der Waals surface area contributed by atoms with E-state index in [0.717, 1.165) is 5.56 Å². The summed E-state index contributed by atoms with van der Waals surface area (Å²) in [6.07, 6.45) is -0.525. The van der Waals surface area contributed by atoms with E-state index in [4.69, 9.17) is 23.2 Å². The lowest BCUT2D eigenvalue weighted by Crippen LogP contribution is -2.45. The van der Waals surface area contributed by atoms with Gasteiger partial charge in [0.15, 0.2) is 0 Å². The van der Waals surface area contributed by atoms with Gasteiger partial charge in [-0.25, -0.2) is 0 Å². The Balaban J connectivity index is 1.69. The molecule has 2 aromatic rings. The van der Waals surface area contributed by atoms with Gasteiger partial charge in [0, 0.05) is 35.1 Å². The molecule has 0 bridgehead atoms. The van der Waals surface area contributed by atoms with Crippen molar-refractivity contribution in [1.29, 1.82) is 0 Å². The highest BCUT2D eigenvalue weighted by Gasteiger charge is 2.39. The molecule has 26 heavy (non-hydrogen) atoms. The third-order valence-corrected chi connectivity index (χ3v) is 4.78. The molecule has 1 aliphatic heterocycles. The Morgan fingerprint density at radius 1 is 1.12 bits per heavy atom. The van der Waals surface area contributed by atoms with Crippen LogP contribution in [0.1, 0.15) is 22.3 Å². The number of aliphatic hydroxyl groups is 1. The van der Waals surface area contributed by atoms with Gasteiger partial charge in [0.1, 0.15) is 6.04 Å². The summed E-state index contributed by atoms with van der Waals surface area (Å²) in [6.45, 7) is 0.437. The zero-order chi connectivity index (χ0) is 18.7. The van der Waals surface area contributed by atoms with E-state index >= 15 is 0 Å². The van der Waals surface area contributed by atoms with E-state index in [1.165, 1.54) is 4.90 Å². The maximum Gasteiger partial charge on any atom is 0.254 e. The maximum atomic E-state index is 12.7. The molecule has 5 nitrogen and oxygen atoms in total. The topological polar surface area (TPSA) is 69.6 Å². The van der Waals surface area contributed by atoms with Gasteiger partial charge in [0.2, 0.25) is 5.91 Å². The molecule has 0 aromatic heterocycles. The van der Waals surface area contributed by atoms with Crippen molar-refractivity contribution in [3.63, 3.8) is 0 Å². The first-order chi connectivity index (χ1) is 12.4. The second-order valence-electron chi connectivity index (χ2n) is 6.22. The van der Waals surface area contributed by atoms with Crippen LogP contribution in [-0.2, 0) is 11.3 Å². The van der Waals surface area contributed by atoms with Crippen LogP contribution in [0.5, 0.6) is 0 Å². The number of hydrogen-bond donors (Lipinski definition) is 2. The first kappa shape index (κ1) is 18.7. The third kappa shape index (κ3) is 4.36. The van der Waals surface area contributed by atoms with E-state index in [2.05, 4.69) is 5.32 Å². The van der Waals surface area contributed by atoms with E-state index < -0.39 is 12.1 Å². The Labute approximate surface area is 161 Å². The summed E-state index contributed by atoms with van der Waals surface area (Å²) in [5.74, 6) is -0.623. The number of benzene rings is 2. The van der Waals surface area contributed by atoms with Crippen LogP contribution in [-0.4, -0.2) is 40.5 Å². The van der Waals surface area contributed by atoms with E-state index in [-0.39, 0.29) is 24.8 Å². The quantitative estimate of drug-likeness (QED) is 0.840. The molecule has 1 saturated heterocycles. The first-order valence-corrected chi connectivity index (χ1v) is 8.96. The second-order valence-corrected chi connectivity index (χ2v) is 7.09. The lowest BCUT2D eigenvalue weighted by atomic mass is 10.1. The van der Waals surface area contributed by atoms with Crippen molar-refractivity contribution in [3.8, 4) is 0 Å². The number of carbonyl (C=O) groups is 2. The molecule has 3 rings (SSSR count). The van der Waals surface area contributed by atoms with Gasteiger partial charge in [-0.1, -0.05) is 41.4 Å². The molecule has 136 valence electrons. The van der Waals surface area contributed by atoms with Crippen LogP contribution in [0.4, 0.5) is 0 Å². The predicted octanol–water partition coefficient (Wildman–Crippen LogP) is 2.89. The van der Waals surface area contributed by atoms with Crippen molar-refractivity contribution in [2.75, 3.05) is 6.54 Å². The molecule has 0 spiro atoms. The number of nitrogens with one attached hydrogen (secondary N) is 1. The highest BCUT2D eigenvalue weighted by atomic mass is 35.5. The molecule has 7 heteroatoms. The standard InChI is InChI=1S/C19H18Cl2N2O3/c20-14-6-4-12(5-7-14)10-22-18(25)17-9-16(24)11-23(17)19(26)13-2-1-3-15(21)8-13/h1-8,16-17,24H,9-11H2,(H,22,25)/t16-,17+/m1/s1. The van der Waals surface area contributed by atoms with Crippen LogP contribution in [0, 0.1) is 0 Å². The zero-order valence-corrected chi connectivity index (χ0v) is 15.4. The molecule has 2 atom stereocenters. The maximum absolute atomic E-state index is 12.7. The highest BCUT2D eigenvalue weighted by Crippen LogP contribution is 2.22. The Morgan fingerprint density at radius 2 is 1.85 bits per heavy atom. The molecule has 2 N–H and O–H groups in total. The Morgan fingerprint density at radius 3 is 2.54 bits per heavy atom. The van der Waals surface area contributed by atoms with E-state index in [0.29, 0.717) is 22.2 Å². The lowest BCUT2D eigenvalue weighted by Gasteiger charge is -2.24. The summed E-state index contributed by atoms with van der Waals surface area (Å²) < 4.78 is 0. The van der Waals surface area contributed by atoms with Crippen LogP contribution >= 0.6 is 23.2 Å². The molecule has 0 unspecified atom stereocenters. The average Bonchev–Trinajstić information content (AvgIpc) is 3.02. The van der Waals surface area contributed by atoms with Crippen molar-refractivity contribution < 1.29 is 14.7 Å². The summed E-state index contributed by atoms with van der Waals surface area (Å²) >= 11 is 11.8. The lowest BCUT2D eigenvalue weighted by molar-refractivity contribution is -0.125. The third-order valence-electron chi connectivity index (χ3n) is 4.29. The van der Waals surface area contributed by atoms with Crippen LogP contribution < -0.4 is 5.32 Å². The van der Waals surface area contributed by atoms with Crippen molar-refractivity contribution in [1.82, 2.24) is 10.2 Å². The molecule has 1 aliphatic rings. The van der Waals surface area contributed by atoms with E-state index in [1.54, 1.807) is 36.4 Å². The SMILES string of the molecule is O=C(NCc1ccc(Cl)cc1)[C@@H]1C[C@@H](O)CN1C(=O)c1cccc(Cl)c1. The normalized spacial score (nSPS) is 19.4. The van der Waals surface area contributed by atoms with Crippen LogP contribution in [0.2, 0.25) is 10.0 Å². The van der Waals surface area contributed by atoms with Crippen molar-refractivity contribution >= 4 is 35.0 Å². The highest BCUT2D eigenvalue weighted by molar-refractivity contribution is 6.31. The predicted molar refractivity (Wildman–Crippen MR) is 100 cm³/mol. The average molecular weight is 393 g/mol. The Kier molecular flexibility index (Phi) is 5.81. The summed E-state index contributed by atoms with van der Waals surface area (Å²) in [5.41, 5.74) is 1.29. The number of aliphatic hydroxyl groups excluding tert-OH is 1. The largest absolute Gasteiger partial charge is 0.391 e. The summed E-state index contributed by atoms with van der Waals surface area (Å²) in [6, 6.07) is 13.0. The fourth-order valence-electron chi connectivity index (χ4n) is 2.98. The minimum Gasteiger partial charge on any atom is -0.391 e. The molecule has 0 aliphatic carbocycles. The molecular weight excluding hydrogens is 375 g/mol. The number of carbonyl (C=O) groups excluding carboxylic acids is 2. The molecule has 1 heterocycles. The molecule has 1 fully saturated rings. The number of amides is 2. The number of halogens is 2. The zero-order valence-electron chi connectivity index (χ0n) is 13.9. The second kappa shape index (κ2) is 8.08. The van der Waals surface area contributed by atoms with E-state index in [9.17, 15) is 14.7 Å². The summed E-state index contributed by atoms with van der Waals surface area (Å²) in [5, 5.41) is 13.9. The van der Waals surface area contributed by atoms with Crippen molar-refractivity contribution in [3.05, 3.63) is 69.7 Å². The summed E-state index contributed by atoms with van der Waals surface area (Å²) in [4.78, 5) is 26.7. The number of likely N-dealkylation sites (tertiary alicyclic amines) is 1. The fourth-order valence-corrected chi connectivity index (χ4v) is 3.30. The number of hydrogen-bond acceptors (Lipinski definition) is 3. The number of nitrogens with zero attached hydrogens (tertiary/aromatic N) is 1. The first-order valence-electron chi connectivity index (χ1n) is 8.21. The molecular formula is C19H18Cl2N2O3. The van der Waals surface area contributed by atoms with Gasteiger partial charge in [-0.15, -0.1) is 0 Å². The van der Waals surface area contributed by atoms with Crippen LogP contribution in [0.3, 0.4) is 0 Å². The van der Waals surface area contributed by atoms with Gasteiger partial charge in [-0.2, -0.15) is 0 Å². The van der Waals surface area contributed by atoms with Gasteiger partial charge in [0.25, 0.3) is 5.91 Å². The van der Waals surface area contributed by atoms with Gasteiger partial charge in [-0.05, 0) is 35.9 Å². The van der Waals surface area contributed by atoms with Crippen LogP contribution in [0.15, 0.2) is 48.5 Å². The van der Waals surface area contributed by atoms with Gasteiger partial charge >= 0.3 is 0 Å². The Bertz CT molecular complexity index is 811. The van der Waals surface area contributed by atoms with Gasteiger partial charge in [0.05, 0.1) is 6.10 Å². The van der Waals surface area contributed by atoms with Gasteiger partial charge in [-0.3, -0.25) is 9.59 Å². The molecule has 2 aromatic carbocycles. The van der Waals surface area contributed by atoms with Crippen LogP contribution in [0.25, 0.3) is 0 Å². The molecule has 2 amide bonds. The monoisotopic (exact) mass is 392 g/mol. The smallest absolute Gasteiger partial charge is 0.254 e. The minimum absolute atomic E-state index is 0.115. The number of β-amino-alcohol motifs (C(OH)–C–C–N with tert-alkyl or cyclic N) is 1. The van der Waals surface area contributed by atoms with Crippen molar-refractivity contribution in [2.45, 2.75) is 25.1 Å². The molecule has 0 radical (unpaired) electrons. The number of rotatable bonds is 4. The molecule has 0 saturated carbocycles. The van der Waals surface area contributed by atoms with Gasteiger partial charge < -0.3 is 15.3 Å². The fraction of sp³-hybridized carbons (Fsp3) is 0.263.